The highest BCUT2D eigenvalue weighted by Crippen LogP contribution is 2.41. The summed E-state index contributed by atoms with van der Waals surface area (Å²) in [6.07, 6.45) is 7.59. The molecule has 0 bridgehead atoms. The molecule has 1 saturated heterocycles. The zero-order valence-electron chi connectivity index (χ0n) is 11.8. The van der Waals surface area contributed by atoms with Gasteiger partial charge in [0.1, 0.15) is 5.54 Å². The Labute approximate surface area is 111 Å². The minimum Gasteiger partial charge on any atom is -0.480 e. The summed E-state index contributed by atoms with van der Waals surface area (Å²) >= 11 is 0. The Balaban J connectivity index is 1.95. The molecule has 0 aromatic heterocycles. The average molecular weight is 253 g/mol. The zero-order valence-corrected chi connectivity index (χ0v) is 11.8. The van der Waals surface area contributed by atoms with Gasteiger partial charge >= 0.3 is 5.97 Å². The smallest absolute Gasteiger partial charge is 0.324 e. The number of likely N-dealkylation sites (tertiary alicyclic amines) is 1. The molecule has 0 aromatic carbocycles. The molecule has 3 heteroatoms. The Morgan fingerprint density at radius 3 is 2.28 bits per heavy atom. The van der Waals surface area contributed by atoms with Crippen molar-refractivity contribution < 1.29 is 9.90 Å². The zero-order chi connectivity index (χ0) is 13.2. The molecule has 0 spiro atoms. The van der Waals surface area contributed by atoms with E-state index in [2.05, 4.69) is 18.7 Å². The first-order valence-corrected chi connectivity index (χ1v) is 7.60. The van der Waals surface area contributed by atoms with Gasteiger partial charge in [0.2, 0.25) is 0 Å². The fourth-order valence-electron chi connectivity index (χ4n) is 3.74. The molecule has 0 unspecified atom stereocenters. The highest BCUT2D eigenvalue weighted by molar-refractivity contribution is 5.79. The molecule has 1 aliphatic heterocycles. The third-order valence-electron chi connectivity index (χ3n) is 5.17. The van der Waals surface area contributed by atoms with Crippen molar-refractivity contribution in [2.75, 3.05) is 13.1 Å². The summed E-state index contributed by atoms with van der Waals surface area (Å²) in [5.41, 5.74) is -0.518. The van der Waals surface area contributed by atoms with Crippen molar-refractivity contribution in [2.45, 2.75) is 64.3 Å². The van der Waals surface area contributed by atoms with Crippen LogP contribution in [0.5, 0.6) is 0 Å². The number of carboxylic acid groups (broad SMARTS) is 1. The standard InChI is InChI=1S/C15H27NO2/c1-3-5-13-10-16(11-13)15(14(17)18)8-6-12(4-2)7-9-15/h12-13H,3-11H2,1-2H3,(H,17,18). The van der Waals surface area contributed by atoms with Gasteiger partial charge in [-0.15, -0.1) is 0 Å². The van der Waals surface area contributed by atoms with Crippen LogP contribution in [0.25, 0.3) is 0 Å². The van der Waals surface area contributed by atoms with Crippen molar-refractivity contribution >= 4 is 5.97 Å². The molecular weight excluding hydrogens is 226 g/mol. The van der Waals surface area contributed by atoms with Gasteiger partial charge in [0.05, 0.1) is 0 Å². The van der Waals surface area contributed by atoms with E-state index in [1.54, 1.807) is 0 Å². The highest BCUT2D eigenvalue weighted by atomic mass is 16.4. The van der Waals surface area contributed by atoms with E-state index in [9.17, 15) is 9.90 Å². The monoisotopic (exact) mass is 253 g/mol. The van der Waals surface area contributed by atoms with E-state index in [1.165, 1.54) is 19.3 Å². The topological polar surface area (TPSA) is 40.5 Å². The van der Waals surface area contributed by atoms with Crippen molar-refractivity contribution in [3.05, 3.63) is 0 Å². The minimum absolute atomic E-state index is 0.518. The molecule has 3 nitrogen and oxygen atoms in total. The molecule has 1 aliphatic carbocycles. The SMILES string of the molecule is CCCC1CN(C2(C(=O)O)CCC(CC)CC2)C1. The van der Waals surface area contributed by atoms with Crippen LogP contribution in [-0.2, 0) is 4.79 Å². The molecule has 0 atom stereocenters. The quantitative estimate of drug-likeness (QED) is 0.818. The first kappa shape index (κ1) is 13.9. The lowest BCUT2D eigenvalue weighted by atomic mass is 9.72. The van der Waals surface area contributed by atoms with Gasteiger partial charge in [0.25, 0.3) is 0 Å². The highest BCUT2D eigenvalue weighted by Gasteiger charge is 2.50. The summed E-state index contributed by atoms with van der Waals surface area (Å²) < 4.78 is 0. The van der Waals surface area contributed by atoms with Crippen molar-refractivity contribution in [1.82, 2.24) is 4.90 Å². The fraction of sp³-hybridized carbons (Fsp3) is 0.933. The predicted octanol–water partition coefficient (Wildman–Crippen LogP) is 3.14. The van der Waals surface area contributed by atoms with Crippen molar-refractivity contribution in [1.29, 1.82) is 0 Å². The lowest BCUT2D eigenvalue weighted by Gasteiger charge is -2.52. The van der Waals surface area contributed by atoms with Crippen molar-refractivity contribution in [3.8, 4) is 0 Å². The summed E-state index contributed by atoms with van der Waals surface area (Å²) in [6, 6.07) is 0. The van der Waals surface area contributed by atoms with Crippen LogP contribution in [-0.4, -0.2) is 34.6 Å². The van der Waals surface area contributed by atoms with Gasteiger partial charge in [-0.25, -0.2) is 0 Å². The number of aliphatic carboxylic acids is 1. The molecule has 2 fully saturated rings. The van der Waals surface area contributed by atoms with Gasteiger partial charge in [-0.3, -0.25) is 9.69 Å². The third-order valence-corrected chi connectivity index (χ3v) is 5.17. The Bertz CT molecular complexity index is 289. The Hall–Kier alpha value is -0.570. The van der Waals surface area contributed by atoms with E-state index in [0.717, 1.165) is 50.6 Å². The van der Waals surface area contributed by atoms with Crippen LogP contribution in [0.1, 0.15) is 58.8 Å². The Morgan fingerprint density at radius 1 is 1.22 bits per heavy atom. The van der Waals surface area contributed by atoms with E-state index in [0.29, 0.717) is 0 Å². The molecule has 18 heavy (non-hydrogen) atoms. The van der Waals surface area contributed by atoms with E-state index in [1.807, 2.05) is 0 Å². The molecule has 1 N–H and O–H groups in total. The molecule has 0 amide bonds. The molecule has 0 radical (unpaired) electrons. The van der Waals surface area contributed by atoms with Gasteiger partial charge < -0.3 is 5.11 Å². The average Bonchev–Trinajstić information content (AvgIpc) is 2.33. The molecule has 0 aromatic rings. The number of carbonyl (C=O) groups is 1. The van der Waals surface area contributed by atoms with Crippen LogP contribution in [0.3, 0.4) is 0 Å². The Morgan fingerprint density at radius 2 is 1.83 bits per heavy atom. The molecule has 104 valence electrons. The second-order valence-corrected chi connectivity index (χ2v) is 6.25. The van der Waals surface area contributed by atoms with Crippen LogP contribution in [0.2, 0.25) is 0 Å². The maximum absolute atomic E-state index is 11.7. The van der Waals surface area contributed by atoms with E-state index in [4.69, 9.17) is 0 Å². The molecule has 1 heterocycles. The van der Waals surface area contributed by atoms with Gasteiger partial charge in [-0.2, -0.15) is 0 Å². The number of nitrogens with zero attached hydrogens (tertiary/aromatic N) is 1. The second-order valence-electron chi connectivity index (χ2n) is 6.25. The van der Waals surface area contributed by atoms with Gasteiger partial charge in [-0.05, 0) is 43.9 Å². The summed E-state index contributed by atoms with van der Waals surface area (Å²) in [6.45, 7) is 6.45. The predicted molar refractivity (Wildman–Crippen MR) is 72.6 cm³/mol. The van der Waals surface area contributed by atoms with Crippen LogP contribution in [0.15, 0.2) is 0 Å². The van der Waals surface area contributed by atoms with Crippen LogP contribution >= 0.6 is 0 Å². The maximum atomic E-state index is 11.7. The first-order chi connectivity index (χ1) is 8.62. The van der Waals surface area contributed by atoms with E-state index >= 15 is 0 Å². The summed E-state index contributed by atoms with van der Waals surface area (Å²) in [4.78, 5) is 14.0. The van der Waals surface area contributed by atoms with Crippen LogP contribution < -0.4 is 0 Å². The summed E-state index contributed by atoms with van der Waals surface area (Å²) in [5.74, 6) is 0.923. The lowest BCUT2D eigenvalue weighted by molar-refractivity contribution is -0.162. The van der Waals surface area contributed by atoms with Gasteiger partial charge in [0.15, 0.2) is 0 Å². The van der Waals surface area contributed by atoms with Crippen molar-refractivity contribution in [3.63, 3.8) is 0 Å². The van der Waals surface area contributed by atoms with Crippen molar-refractivity contribution in [2.24, 2.45) is 11.8 Å². The summed E-state index contributed by atoms with van der Waals surface area (Å²) in [5, 5.41) is 9.66. The van der Waals surface area contributed by atoms with E-state index in [-0.39, 0.29) is 0 Å². The van der Waals surface area contributed by atoms with Gasteiger partial charge in [0, 0.05) is 13.1 Å². The molecule has 1 saturated carbocycles. The Kier molecular flexibility index (Phi) is 4.31. The van der Waals surface area contributed by atoms with E-state index < -0.39 is 11.5 Å². The molecular formula is C15H27NO2. The van der Waals surface area contributed by atoms with Crippen LogP contribution in [0, 0.1) is 11.8 Å². The number of rotatable bonds is 5. The first-order valence-electron chi connectivity index (χ1n) is 7.60. The number of carboxylic acids is 1. The largest absolute Gasteiger partial charge is 0.480 e. The molecule has 2 aliphatic rings. The minimum atomic E-state index is -0.577. The number of hydrogen-bond acceptors (Lipinski definition) is 2. The number of hydrogen-bond donors (Lipinski definition) is 1. The second kappa shape index (κ2) is 5.60. The fourth-order valence-corrected chi connectivity index (χ4v) is 3.74. The maximum Gasteiger partial charge on any atom is 0.324 e. The lowest BCUT2D eigenvalue weighted by Crippen LogP contribution is -2.64. The normalized spacial score (nSPS) is 34.2. The van der Waals surface area contributed by atoms with Gasteiger partial charge in [-0.1, -0.05) is 26.7 Å². The molecule has 2 rings (SSSR count). The third kappa shape index (κ3) is 2.42. The van der Waals surface area contributed by atoms with Crippen LogP contribution in [0.4, 0.5) is 0 Å². The summed E-state index contributed by atoms with van der Waals surface area (Å²) in [7, 11) is 0.